The molecule has 4 N–H and O–H groups in total. The van der Waals surface area contributed by atoms with E-state index in [4.69, 9.17) is 18.9 Å². The van der Waals surface area contributed by atoms with Crippen molar-refractivity contribution < 1.29 is 48.3 Å². The fraction of sp³-hybridized carbons (Fsp3) is 0.333. The number of phenols is 2. The molecule has 0 aliphatic rings. The number of aromatic hydroxyl groups is 2. The van der Waals surface area contributed by atoms with Crippen molar-refractivity contribution in [2.75, 3.05) is 24.9 Å². The summed E-state index contributed by atoms with van der Waals surface area (Å²) in [7, 11) is 2.12. The first-order valence-corrected chi connectivity index (χ1v) is 17.7. The van der Waals surface area contributed by atoms with E-state index in [1.807, 2.05) is 12.1 Å². The average molecular weight is 793 g/mol. The zero-order valence-electron chi connectivity index (χ0n) is 34.3. The summed E-state index contributed by atoms with van der Waals surface area (Å²) in [6.07, 6.45) is -2.12. The number of phenolic OH excluding ortho intramolecular Hbond substituents is 2. The Balaban J connectivity index is 2.49. The normalized spacial score (nSPS) is 11.1. The van der Waals surface area contributed by atoms with Gasteiger partial charge in [-0.1, -0.05) is 12.1 Å². The molecule has 0 bridgehead atoms. The van der Waals surface area contributed by atoms with Crippen molar-refractivity contribution >= 4 is 35.5 Å². The molecule has 0 spiro atoms. The van der Waals surface area contributed by atoms with E-state index in [0.29, 0.717) is 11.1 Å². The molecule has 0 fully saturated rings. The third kappa shape index (κ3) is 8.76. The van der Waals surface area contributed by atoms with Crippen LogP contribution in [0, 0.1) is 50.4 Å². The van der Waals surface area contributed by atoms with E-state index in [0.717, 1.165) is 14.2 Å². The van der Waals surface area contributed by atoms with Crippen LogP contribution in [0.15, 0.2) is 24.3 Å². The number of carbonyl (C=O) groups excluding carboxylic acids is 4. The van der Waals surface area contributed by atoms with Crippen molar-refractivity contribution in [3.05, 3.63) is 69.0 Å². The summed E-state index contributed by atoms with van der Waals surface area (Å²) in [6.45, 7) is 16.1. The molecule has 16 nitrogen and oxygen atoms in total. The molecule has 16 heteroatoms. The second kappa shape index (κ2) is 16.5. The fourth-order valence-electron chi connectivity index (χ4n) is 6.27. The van der Waals surface area contributed by atoms with Gasteiger partial charge in [-0.05, 0) is 115 Å². The van der Waals surface area contributed by atoms with E-state index in [2.05, 4.69) is 20.6 Å². The number of pyridine rings is 2. The second-order valence-corrected chi connectivity index (χ2v) is 15.1. The number of anilines is 2. The van der Waals surface area contributed by atoms with Gasteiger partial charge in [-0.3, -0.25) is 10.6 Å². The molecule has 2 amide bonds. The Morgan fingerprint density at radius 2 is 0.931 bits per heavy atom. The first-order valence-electron chi connectivity index (χ1n) is 17.7. The van der Waals surface area contributed by atoms with Crippen LogP contribution in [0.4, 0.5) is 21.0 Å². The zero-order valence-corrected chi connectivity index (χ0v) is 34.3. The van der Waals surface area contributed by atoms with Crippen molar-refractivity contribution in [1.82, 2.24) is 9.97 Å². The van der Waals surface area contributed by atoms with E-state index in [1.165, 1.54) is 12.1 Å². The van der Waals surface area contributed by atoms with Gasteiger partial charge < -0.3 is 29.2 Å². The number of aromatic nitrogens is 2. The highest BCUT2D eigenvalue weighted by Gasteiger charge is 2.36. The Morgan fingerprint density at radius 3 is 1.21 bits per heavy atom. The summed E-state index contributed by atoms with van der Waals surface area (Å²) in [4.78, 5) is 64.0. The molecule has 0 atom stereocenters. The lowest BCUT2D eigenvalue weighted by molar-refractivity contribution is 0.0588. The number of ether oxygens (including phenoxy) is 4. The minimum absolute atomic E-state index is 0.113. The van der Waals surface area contributed by atoms with E-state index < -0.39 is 57.8 Å². The first-order chi connectivity index (χ1) is 27.0. The Hall–Kier alpha value is -7.20. The minimum atomic E-state index is -1.09. The molecule has 2 heterocycles. The maximum Gasteiger partial charge on any atom is 0.412 e. The summed E-state index contributed by atoms with van der Waals surface area (Å²) in [5, 5.41) is 48.6. The van der Waals surface area contributed by atoms with E-state index in [-0.39, 0.29) is 67.6 Å². The number of methoxy groups -OCH3 is 2. The highest BCUT2D eigenvalue weighted by atomic mass is 16.6. The highest BCUT2D eigenvalue weighted by molar-refractivity contribution is 6.13. The summed E-state index contributed by atoms with van der Waals surface area (Å²) >= 11 is 0. The smallest absolute Gasteiger partial charge is 0.412 e. The molecule has 58 heavy (non-hydrogen) atoms. The predicted octanol–water partition coefficient (Wildman–Crippen LogP) is 8.13. The molecule has 4 aromatic rings. The molecule has 2 aromatic carbocycles. The van der Waals surface area contributed by atoms with Gasteiger partial charge in [-0.15, -0.1) is 0 Å². The quantitative estimate of drug-likeness (QED) is 0.102. The van der Waals surface area contributed by atoms with Crippen LogP contribution in [-0.4, -0.2) is 69.7 Å². The molecule has 4 rings (SSSR count). The van der Waals surface area contributed by atoms with Gasteiger partial charge in [0.1, 0.15) is 57.4 Å². The molecular weight excluding hydrogens is 748 g/mol. The molecular formula is C42H44N6O10. The SMILES string of the molecule is COC(=O)c1c(C#N)nc(-c2nc(C#N)c(C(=O)OC)c(NC(=O)OC(C)(C)C)c2-c2c(C)ccc(O)c2C)c(-c2c(C)ccc(O)c2C)c1NC(=O)OC(C)(C)C. The fourth-order valence-corrected chi connectivity index (χ4v) is 6.27. The number of amides is 2. The van der Waals surface area contributed by atoms with Gasteiger partial charge in [0.05, 0.1) is 25.6 Å². The zero-order chi connectivity index (χ0) is 43.6. The van der Waals surface area contributed by atoms with Gasteiger partial charge in [0.15, 0.2) is 11.4 Å². The average Bonchev–Trinajstić information content (AvgIpc) is 3.13. The van der Waals surface area contributed by atoms with Crippen LogP contribution in [-0.2, 0) is 18.9 Å². The number of hydrogen-bond donors (Lipinski definition) is 4. The number of hydrogen-bond acceptors (Lipinski definition) is 14. The van der Waals surface area contributed by atoms with Crippen molar-refractivity contribution in [1.29, 1.82) is 10.5 Å². The lowest BCUT2D eigenvalue weighted by atomic mass is 9.85. The Labute approximate surface area is 335 Å². The van der Waals surface area contributed by atoms with E-state index >= 15 is 0 Å². The topological polar surface area (TPSA) is 243 Å². The third-order valence-corrected chi connectivity index (χ3v) is 8.65. The summed E-state index contributed by atoms with van der Waals surface area (Å²) in [6, 6.07) is 9.74. The molecule has 0 saturated carbocycles. The number of aryl methyl sites for hydroxylation is 2. The third-order valence-electron chi connectivity index (χ3n) is 8.65. The largest absolute Gasteiger partial charge is 0.508 e. The van der Waals surface area contributed by atoms with Crippen LogP contribution in [0.1, 0.15) is 95.9 Å². The number of nitriles is 2. The van der Waals surface area contributed by atoms with Crippen LogP contribution in [0.5, 0.6) is 11.5 Å². The van der Waals surface area contributed by atoms with Crippen LogP contribution in [0.2, 0.25) is 0 Å². The minimum Gasteiger partial charge on any atom is -0.508 e. The van der Waals surface area contributed by atoms with Crippen LogP contribution in [0.25, 0.3) is 33.6 Å². The van der Waals surface area contributed by atoms with Gasteiger partial charge >= 0.3 is 24.1 Å². The molecule has 302 valence electrons. The monoisotopic (exact) mass is 792 g/mol. The highest BCUT2D eigenvalue weighted by Crippen LogP contribution is 2.50. The molecule has 0 aliphatic heterocycles. The molecule has 0 radical (unpaired) electrons. The Morgan fingerprint density at radius 1 is 0.603 bits per heavy atom. The number of nitrogens with one attached hydrogen (secondary N) is 2. The number of rotatable bonds is 7. The van der Waals surface area contributed by atoms with Crippen molar-refractivity contribution in [2.45, 2.75) is 80.4 Å². The van der Waals surface area contributed by atoms with Gasteiger partial charge in [0.25, 0.3) is 0 Å². The van der Waals surface area contributed by atoms with Crippen molar-refractivity contribution in [2.24, 2.45) is 0 Å². The number of carbonyl (C=O) groups is 4. The molecule has 2 aromatic heterocycles. The van der Waals surface area contributed by atoms with Crippen molar-refractivity contribution in [3.8, 4) is 57.3 Å². The molecule has 0 unspecified atom stereocenters. The van der Waals surface area contributed by atoms with E-state index in [9.17, 15) is 39.9 Å². The standard InChI is InChI=1S/C42H44N6O10/c1-19-13-15-25(49)21(3)27(19)31-33(47-39(53)57-41(5,6)7)29(37(51)55-11)23(17-43)45-35(31)36-32(28-20(2)14-16-26(50)22(28)4)34(48-40(54)58-42(8,9)10)30(38(52)56-12)24(18-44)46-36/h13-16,49-50H,1-12H3,(H,45,47,53)(H,46,48,54). The summed E-state index contributed by atoms with van der Waals surface area (Å²) in [5.74, 6) is -2.59. The number of esters is 2. The lowest BCUT2D eigenvalue weighted by Gasteiger charge is -2.27. The van der Waals surface area contributed by atoms with Crippen LogP contribution in [0.3, 0.4) is 0 Å². The number of nitrogens with zero attached hydrogens (tertiary/aromatic N) is 4. The lowest BCUT2D eigenvalue weighted by Crippen LogP contribution is -2.29. The van der Waals surface area contributed by atoms with Gasteiger partial charge in [-0.2, -0.15) is 10.5 Å². The summed E-state index contributed by atoms with van der Waals surface area (Å²) < 4.78 is 21.3. The maximum absolute atomic E-state index is 13.7. The van der Waals surface area contributed by atoms with E-state index in [1.54, 1.807) is 81.4 Å². The molecule has 0 saturated heterocycles. The van der Waals surface area contributed by atoms with Crippen LogP contribution >= 0.6 is 0 Å². The van der Waals surface area contributed by atoms with Crippen molar-refractivity contribution in [3.63, 3.8) is 0 Å². The number of benzene rings is 2. The van der Waals surface area contributed by atoms with Gasteiger partial charge in [0.2, 0.25) is 0 Å². The summed E-state index contributed by atoms with van der Waals surface area (Å²) in [5.41, 5.74) is -4.00. The molecule has 0 aliphatic carbocycles. The maximum atomic E-state index is 13.7. The predicted molar refractivity (Wildman–Crippen MR) is 212 cm³/mol. The van der Waals surface area contributed by atoms with Gasteiger partial charge in [0, 0.05) is 11.1 Å². The Kier molecular flexibility index (Phi) is 12.4. The second-order valence-electron chi connectivity index (χ2n) is 15.1. The Bertz CT molecular complexity index is 2290. The first kappa shape index (κ1) is 43.5. The van der Waals surface area contributed by atoms with Gasteiger partial charge in [-0.25, -0.2) is 29.1 Å². The van der Waals surface area contributed by atoms with Crippen LogP contribution < -0.4 is 10.6 Å².